The number of rotatable bonds is 7. The number of hydrogen-bond donors (Lipinski definition) is 1. The summed E-state index contributed by atoms with van der Waals surface area (Å²) in [6.07, 6.45) is -3.02. The Morgan fingerprint density at radius 2 is 1.93 bits per heavy atom. The standard InChI is InChI=1S/C20H18F3N3O2S/c1-28-16-9-5-8-15(10-16)25-18(27)12-29-19-24-11-17(14-6-3-2-4-7-14)26(19)13-20(21,22)23/h2-11H,12-13H2,1H3,(H,25,27). The van der Waals surface area contributed by atoms with Crippen molar-refractivity contribution in [1.29, 1.82) is 0 Å². The molecule has 0 radical (unpaired) electrons. The molecule has 0 unspecified atom stereocenters. The van der Waals surface area contributed by atoms with Crippen molar-refractivity contribution in [2.24, 2.45) is 0 Å². The van der Waals surface area contributed by atoms with E-state index in [0.717, 1.165) is 16.3 Å². The third-order valence-electron chi connectivity index (χ3n) is 3.91. The minimum atomic E-state index is -4.41. The molecule has 29 heavy (non-hydrogen) atoms. The quantitative estimate of drug-likeness (QED) is 0.554. The van der Waals surface area contributed by atoms with Crippen LogP contribution < -0.4 is 10.1 Å². The average Bonchev–Trinajstić information content (AvgIpc) is 3.08. The van der Waals surface area contributed by atoms with Crippen LogP contribution in [0.4, 0.5) is 18.9 Å². The van der Waals surface area contributed by atoms with E-state index in [1.54, 1.807) is 54.6 Å². The summed E-state index contributed by atoms with van der Waals surface area (Å²) in [4.78, 5) is 16.3. The minimum Gasteiger partial charge on any atom is -0.497 e. The van der Waals surface area contributed by atoms with Crippen LogP contribution in [-0.2, 0) is 11.3 Å². The predicted octanol–water partition coefficient (Wildman–Crippen LogP) is 4.85. The van der Waals surface area contributed by atoms with Gasteiger partial charge in [-0.05, 0) is 17.7 Å². The van der Waals surface area contributed by atoms with Crippen LogP contribution >= 0.6 is 11.8 Å². The molecule has 1 amide bonds. The van der Waals surface area contributed by atoms with E-state index in [9.17, 15) is 18.0 Å². The van der Waals surface area contributed by atoms with Crippen LogP contribution in [0.1, 0.15) is 0 Å². The molecule has 0 bridgehead atoms. The van der Waals surface area contributed by atoms with E-state index in [1.165, 1.54) is 13.3 Å². The van der Waals surface area contributed by atoms with E-state index in [-0.39, 0.29) is 16.8 Å². The number of hydrogen-bond acceptors (Lipinski definition) is 4. The summed E-state index contributed by atoms with van der Waals surface area (Å²) in [5.41, 5.74) is 1.51. The fraction of sp³-hybridized carbons (Fsp3) is 0.200. The Kier molecular flexibility index (Phi) is 6.48. The lowest BCUT2D eigenvalue weighted by Crippen LogP contribution is -2.20. The molecule has 2 aromatic carbocycles. The van der Waals surface area contributed by atoms with Crippen molar-refractivity contribution >= 4 is 23.4 Å². The summed E-state index contributed by atoms with van der Waals surface area (Å²) in [6, 6.07) is 15.5. The van der Waals surface area contributed by atoms with Gasteiger partial charge < -0.3 is 14.6 Å². The Morgan fingerprint density at radius 3 is 2.62 bits per heavy atom. The molecule has 0 fully saturated rings. The number of aromatic nitrogens is 2. The molecule has 1 N–H and O–H groups in total. The van der Waals surface area contributed by atoms with Gasteiger partial charge in [0.2, 0.25) is 5.91 Å². The van der Waals surface area contributed by atoms with Crippen LogP contribution in [-0.4, -0.2) is 34.5 Å². The Labute approximate surface area is 169 Å². The highest BCUT2D eigenvalue weighted by atomic mass is 32.2. The van der Waals surface area contributed by atoms with E-state index in [0.29, 0.717) is 22.7 Å². The fourth-order valence-corrected chi connectivity index (χ4v) is 3.45. The Bertz CT molecular complexity index is 975. The maximum absolute atomic E-state index is 13.1. The zero-order valence-corrected chi connectivity index (χ0v) is 16.3. The van der Waals surface area contributed by atoms with Gasteiger partial charge in [-0.2, -0.15) is 13.2 Å². The van der Waals surface area contributed by atoms with Crippen LogP contribution in [0.5, 0.6) is 5.75 Å². The van der Waals surface area contributed by atoms with Crippen molar-refractivity contribution < 1.29 is 22.7 Å². The highest BCUT2D eigenvalue weighted by molar-refractivity contribution is 7.99. The molecule has 0 atom stereocenters. The van der Waals surface area contributed by atoms with E-state index in [2.05, 4.69) is 10.3 Å². The summed E-state index contributed by atoms with van der Waals surface area (Å²) in [5.74, 6) is 0.148. The second-order valence-electron chi connectivity index (χ2n) is 6.06. The van der Waals surface area contributed by atoms with Crippen molar-refractivity contribution in [3.63, 3.8) is 0 Å². The van der Waals surface area contributed by atoms with Gasteiger partial charge in [0.05, 0.1) is 24.8 Å². The summed E-state index contributed by atoms with van der Waals surface area (Å²) < 4.78 is 45.5. The molecule has 9 heteroatoms. The zero-order chi connectivity index (χ0) is 20.9. The van der Waals surface area contributed by atoms with Gasteiger partial charge in [-0.3, -0.25) is 4.79 Å². The number of halogens is 3. The lowest BCUT2D eigenvalue weighted by molar-refractivity contribution is -0.141. The van der Waals surface area contributed by atoms with Crippen molar-refractivity contribution in [2.45, 2.75) is 17.9 Å². The smallest absolute Gasteiger partial charge is 0.406 e. The van der Waals surface area contributed by atoms with Gasteiger partial charge in [-0.15, -0.1) is 0 Å². The molecular formula is C20H18F3N3O2S. The molecule has 0 saturated carbocycles. The number of anilines is 1. The van der Waals surface area contributed by atoms with Gasteiger partial charge in [-0.1, -0.05) is 48.2 Å². The Balaban J connectivity index is 1.74. The summed E-state index contributed by atoms with van der Waals surface area (Å²) >= 11 is 0.949. The number of alkyl halides is 3. The first-order chi connectivity index (χ1) is 13.9. The maximum atomic E-state index is 13.1. The molecule has 3 rings (SSSR count). The maximum Gasteiger partial charge on any atom is 0.406 e. The number of carbonyl (C=O) groups is 1. The average molecular weight is 421 g/mol. The van der Waals surface area contributed by atoms with Crippen molar-refractivity contribution in [3.05, 3.63) is 60.8 Å². The van der Waals surface area contributed by atoms with Gasteiger partial charge in [-0.25, -0.2) is 4.98 Å². The van der Waals surface area contributed by atoms with E-state index in [4.69, 9.17) is 4.74 Å². The molecule has 0 aliphatic rings. The Hall–Kier alpha value is -2.94. The summed E-state index contributed by atoms with van der Waals surface area (Å²) in [5, 5.41) is 2.82. The van der Waals surface area contributed by atoms with Crippen LogP contribution in [0, 0.1) is 0 Å². The number of imidazole rings is 1. The van der Waals surface area contributed by atoms with Gasteiger partial charge in [0.15, 0.2) is 5.16 Å². The van der Waals surface area contributed by atoms with E-state index >= 15 is 0 Å². The molecule has 0 aliphatic carbocycles. The van der Waals surface area contributed by atoms with E-state index in [1.807, 2.05) is 0 Å². The molecule has 3 aromatic rings. The number of methoxy groups -OCH3 is 1. The molecule has 1 aromatic heterocycles. The van der Waals surface area contributed by atoms with Gasteiger partial charge >= 0.3 is 6.18 Å². The number of ether oxygens (including phenoxy) is 1. The first kappa shape index (κ1) is 20.8. The summed E-state index contributed by atoms with van der Waals surface area (Å²) in [7, 11) is 1.52. The molecule has 1 heterocycles. The number of amides is 1. The third-order valence-corrected chi connectivity index (χ3v) is 4.90. The van der Waals surface area contributed by atoms with Gasteiger partial charge in [0.1, 0.15) is 12.3 Å². The molecule has 152 valence electrons. The minimum absolute atomic E-state index is 0.0830. The molecular weight excluding hydrogens is 403 g/mol. The third kappa shape index (κ3) is 5.77. The van der Waals surface area contributed by atoms with Crippen LogP contribution in [0.2, 0.25) is 0 Å². The number of carbonyl (C=O) groups excluding carboxylic acids is 1. The lowest BCUT2D eigenvalue weighted by atomic mass is 10.2. The predicted molar refractivity (Wildman–Crippen MR) is 106 cm³/mol. The topological polar surface area (TPSA) is 56.1 Å². The summed E-state index contributed by atoms with van der Waals surface area (Å²) in [6.45, 7) is -1.18. The SMILES string of the molecule is COc1cccc(NC(=O)CSc2ncc(-c3ccccc3)n2CC(F)(F)F)c1. The number of benzene rings is 2. The number of thioether (sulfide) groups is 1. The Morgan fingerprint density at radius 1 is 1.17 bits per heavy atom. The second-order valence-corrected chi connectivity index (χ2v) is 7.00. The first-order valence-electron chi connectivity index (χ1n) is 8.60. The van der Waals surface area contributed by atoms with Gasteiger partial charge in [0, 0.05) is 11.8 Å². The normalized spacial score (nSPS) is 11.3. The van der Waals surface area contributed by atoms with Crippen LogP contribution in [0.15, 0.2) is 66.0 Å². The first-order valence-corrected chi connectivity index (χ1v) is 9.58. The lowest BCUT2D eigenvalue weighted by Gasteiger charge is -2.14. The van der Waals surface area contributed by atoms with Crippen molar-refractivity contribution in [3.8, 4) is 17.0 Å². The molecule has 0 spiro atoms. The zero-order valence-electron chi connectivity index (χ0n) is 15.4. The van der Waals surface area contributed by atoms with Gasteiger partial charge in [0.25, 0.3) is 0 Å². The monoisotopic (exact) mass is 421 g/mol. The fourth-order valence-electron chi connectivity index (χ4n) is 2.67. The molecule has 0 saturated heterocycles. The second kappa shape index (κ2) is 9.04. The van der Waals surface area contributed by atoms with Crippen LogP contribution in [0.25, 0.3) is 11.3 Å². The van der Waals surface area contributed by atoms with Crippen molar-refractivity contribution in [1.82, 2.24) is 9.55 Å². The molecule has 5 nitrogen and oxygen atoms in total. The highest BCUT2D eigenvalue weighted by Gasteiger charge is 2.31. The molecule has 0 aliphatic heterocycles. The largest absolute Gasteiger partial charge is 0.497 e. The van der Waals surface area contributed by atoms with Crippen molar-refractivity contribution in [2.75, 3.05) is 18.2 Å². The van der Waals surface area contributed by atoms with Crippen LogP contribution in [0.3, 0.4) is 0 Å². The highest BCUT2D eigenvalue weighted by Crippen LogP contribution is 2.30. The van der Waals surface area contributed by atoms with E-state index < -0.39 is 12.7 Å². The number of nitrogens with one attached hydrogen (secondary N) is 1. The number of nitrogens with zero attached hydrogens (tertiary/aromatic N) is 2.